The lowest BCUT2D eigenvalue weighted by Crippen LogP contribution is -2.31. The first-order valence-corrected chi connectivity index (χ1v) is 11.8. The van der Waals surface area contributed by atoms with Crippen molar-refractivity contribution in [1.82, 2.24) is 10.0 Å². The Bertz CT molecular complexity index is 695. The molecule has 6 heteroatoms. The molecule has 0 bridgehead atoms. The van der Waals surface area contributed by atoms with Crippen molar-refractivity contribution in [2.24, 2.45) is 5.92 Å². The van der Waals surface area contributed by atoms with Gasteiger partial charge in [0.1, 0.15) is 0 Å². The van der Waals surface area contributed by atoms with Gasteiger partial charge in [-0.2, -0.15) is 0 Å². The lowest BCUT2D eigenvalue weighted by molar-refractivity contribution is -0.121. The molecule has 2 rings (SSSR count). The van der Waals surface area contributed by atoms with E-state index in [9.17, 15) is 13.2 Å². The van der Waals surface area contributed by atoms with E-state index >= 15 is 0 Å². The summed E-state index contributed by atoms with van der Waals surface area (Å²) < 4.78 is 27.0. The molecular formula is C21H34N2O3S. The molecule has 5 nitrogen and oxygen atoms in total. The molecule has 1 amide bonds. The molecule has 27 heavy (non-hydrogen) atoms. The molecule has 1 saturated carbocycles. The Hall–Kier alpha value is -1.40. The van der Waals surface area contributed by atoms with E-state index in [1.165, 1.54) is 32.1 Å². The summed E-state index contributed by atoms with van der Waals surface area (Å²) in [7, 11) is -3.38. The van der Waals surface area contributed by atoms with Crippen LogP contribution in [0.2, 0.25) is 0 Å². The summed E-state index contributed by atoms with van der Waals surface area (Å²) >= 11 is 0. The summed E-state index contributed by atoms with van der Waals surface area (Å²) in [5.74, 6) is 0.772. The van der Waals surface area contributed by atoms with Gasteiger partial charge in [0, 0.05) is 19.0 Å². The van der Waals surface area contributed by atoms with Crippen LogP contribution in [0.15, 0.2) is 24.3 Å². The van der Waals surface area contributed by atoms with Crippen LogP contribution in [0.4, 0.5) is 0 Å². The van der Waals surface area contributed by atoms with Gasteiger partial charge in [-0.3, -0.25) is 4.79 Å². The molecule has 1 aliphatic rings. The highest BCUT2D eigenvalue weighted by Gasteiger charge is 2.16. The largest absolute Gasteiger partial charge is 0.352 e. The topological polar surface area (TPSA) is 75.3 Å². The van der Waals surface area contributed by atoms with Gasteiger partial charge in [0.25, 0.3) is 0 Å². The molecule has 1 aliphatic carbocycles. The van der Waals surface area contributed by atoms with E-state index in [2.05, 4.69) is 10.0 Å². The molecule has 0 heterocycles. The Morgan fingerprint density at radius 1 is 1.11 bits per heavy atom. The Labute approximate surface area is 164 Å². The third-order valence-corrected chi connectivity index (χ3v) is 6.62. The molecule has 0 aromatic heterocycles. The van der Waals surface area contributed by atoms with Gasteiger partial charge in [-0.15, -0.1) is 0 Å². The highest BCUT2D eigenvalue weighted by atomic mass is 32.2. The predicted molar refractivity (Wildman–Crippen MR) is 110 cm³/mol. The highest BCUT2D eigenvalue weighted by Crippen LogP contribution is 2.27. The monoisotopic (exact) mass is 394 g/mol. The zero-order valence-corrected chi connectivity index (χ0v) is 17.5. The second kappa shape index (κ2) is 10.8. The fraction of sp³-hybridized carbons (Fsp3) is 0.667. The van der Waals surface area contributed by atoms with Crippen LogP contribution in [0.25, 0.3) is 0 Å². The molecule has 1 fully saturated rings. The Balaban J connectivity index is 1.80. The molecule has 2 N–H and O–H groups in total. The van der Waals surface area contributed by atoms with E-state index in [-0.39, 0.29) is 17.7 Å². The minimum absolute atomic E-state index is 0.0452. The molecule has 1 aromatic carbocycles. The summed E-state index contributed by atoms with van der Waals surface area (Å²) in [5, 5.41) is 2.95. The quantitative estimate of drug-likeness (QED) is 0.632. The fourth-order valence-corrected chi connectivity index (χ4v) is 5.28. The van der Waals surface area contributed by atoms with E-state index in [4.69, 9.17) is 0 Å². The number of amides is 1. The summed E-state index contributed by atoms with van der Waals surface area (Å²) in [6, 6.07) is 7.25. The number of sulfonamides is 1. The minimum atomic E-state index is -3.38. The summed E-state index contributed by atoms with van der Waals surface area (Å²) in [6.45, 7) is 3.98. The van der Waals surface area contributed by atoms with Crippen molar-refractivity contribution in [1.29, 1.82) is 0 Å². The van der Waals surface area contributed by atoms with Crippen molar-refractivity contribution in [2.75, 3.05) is 0 Å². The number of carbonyl (C=O) groups excluding carboxylic acids is 1. The first-order chi connectivity index (χ1) is 12.9. The van der Waals surface area contributed by atoms with Gasteiger partial charge in [0.2, 0.25) is 15.9 Å². The smallest absolute Gasteiger partial charge is 0.220 e. The maximum absolute atomic E-state index is 12.2. The Morgan fingerprint density at radius 2 is 1.78 bits per heavy atom. The van der Waals surface area contributed by atoms with E-state index in [0.717, 1.165) is 29.9 Å². The first-order valence-electron chi connectivity index (χ1n) is 10.2. The van der Waals surface area contributed by atoms with E-state index < -0.39 is 10.0 Å². The van der Waals surface area contributed by atoms with Gasteiger partial charge >= 0.3 is 0 Å². The van der Waals surface area contributed by atoms with Gasteiger partial charge < -0.3 is 5.32 Å². The van der Waals surface area contributed by atoms with Gasteiger partial charge in [-0.05, 0) is 43.7 Å². The van der Waals surface area contributed by atoms with Crippen LogP contribution < -0.4 is 10.0 Å². The predicted octanol–water partition coefficient (Wildman–Crippen LogP) is 3.88. The molecule has 0 atom stereocenters. The van der Waals surface area contributed by atoms with Crippen LogP contribution in [0, 0.1) is 5.92 Å². The average Bonchev–Trinajstić information content (AvgIpc) is 2.60. The van der Waals surface area contributed by atoms with Crippen LogP contribution in [0.1, 0.15) is 76.3 Å². The lowest BCUT2D eigenvalue weighted by Gasteiger charge is -2.21. The van der Waals surface area contributed by atoms with E-state index in [0.29, 0.717) is 13.0 Å². The zero-order chi connectivity index (χ0) is 19.7. The second-order valence-corrected chi connectivity index (χ2v) is 9.73. The van der Waals surface area contributed by atoms with Crippen LogP contribution in [-0.4, -0.2) is 20.4 Å². The Kier molecular flexibility index (Phi) is 8.77. The molecule has 0 spiro atoms. The fourth-order valence-electron chi connectivity index (χ4n) is 3.79. The van der Waals surface area contributed by atoms with Crippen molar-refractivity contribution < 1.29 is 13.2 Å². The molecule has 152 valence electrons. The highest BCUT2D eigenvalue weighted by molar-refractivity contribution is 7.88. The van der Waals surface area contributed by atoms with Crippen LogP contribution in [-0.2, 0) is 27.1 Å². The number of rotatable bonds is 10. The number of hydrogen-bond acceptors (Lipinski definition) is 3. The van der Waals surface area contributed by atoms with Gasteiger partial charge in [0.05, 0.1) is 5.75 Å². The van der Waals surface area contributed by atoms with Crippen molar-refractivity contribution in [2.45, 2.75) is 83.6 Å². The molecule has 0 unspecified atom stereocenters. The van der Waals surface area contributed by atoms with Gasteiger partial charge in [-0.1, -0.05) is 56.4 Å². The van der Waals surface area contributed by atoms with Crippen LogP contribution >= 0.6 is 0 Å². The third-order valence-electron chi connectivity index (χ3n) is 5.10. The summed E-state index contributed by atoms with van der Waals surface area (Å²) in [6.07, 6.45) is 9.28. The van der Waals surface area contributed by atoms with Gasteiger partial charge in [0.15, 0.2) is 0 Å². The van der Waals surface area contributed by atoms with Crippen molar-refractivity contribution in [3.63, 3.8) is 0 Å². The van der Waals surface area contributed by atoms with Gasteiger partial charge in [-0.25, -0.2) is 13.1 Å². The van der Waals surface area contributed by atoms with Crippen LogP contribution in [0.5, 0.6) is 0 Å². The van der Waals surface area contributed by atoms with E-state index in [1.54, 1.807) is 13.8 Å². The number of benzene rings is 1. The second-order valence-electron chi connectivity index (χ2n) is 7.97. The molecule has 0 saturated heterocycles. The average molecular weight is 395 g/mol. The minimum Gasteiger partial charge on any atom is -0.352 e. The third kappa shape index (κ3) is 8.43. The molecule has 0 radical (unpaired) electrons. The van der Waals surface area contributed by atoms with Crippen LogP contribution in [0.3, 0.4) is 0 Å². The normalized spacial score (nSPS) is 15.8. The molecular weight excluding hydrogens is 360 g/mol. The standard InChI is InChI=1S/C21H34N2O3S/c1-17(2)23-27(25,26)16-20-13-7-6-12-19(20)15-22-21(24)14-8-11-18-9-4-3-5-10-18/h6-7,12-13,17-18,23H,3-5,8-11,14-16H2,1-2H3,(H,22,24). The molecule has 1 aromatic rings. The number of hydrogen-bond donors (Lipinski definition) is 2. The molecule has 0 aliphatic heterocycles. The first kappa shape index (κ1) is 21.9. The van der Waals surface area contributed by atoms with E-state index in [1.807, 2.05) is 24.3 Å². The van der Waals surface area contributed by atoms with Crippen molar-refractivity contribution in [3.8, 4) is 0 Å². The maximum Gasteiger partial charge on any atom is 0.220 e. The zero-order valence-electron chi connectivity index (χ0n) is 16.7. The Morgan fingerprint density at radius 3 is 2.44 bits per heavy atom. The summed E-state index contributed by atoms with van der Waals surface area (Å²) in [5.41, 5.74) is 1.58. The lowest BCUT2D eigenvalue weighted by atomic mass is 9.86. The van der Waals surface area contributed by atoms with Crippen molar-refractivity contribution >= 4 is 15.9 Å². The number of nitrogens with one attached hydrogen (secondary N) is 2. The van der Waals surface area contributed by atoms with Crippen molar-refractivity contribution in [3.05, 3.63) is 35.4 Å². The number of carbonyl (C=O) groups is 1. The maximum atomic E-state index is 12.2. The SMILES string of the molecule is CC(C)NS(=O)(=O)Cc1ccccc1CNC(=O)CCCC1CCCCC1. The summed E-state index contributed by atoms with van der Waals surface area (Å²) in [4.78, 5) is 12.2.